The van der Waals surface area contributed by atoms with E-state index in [1.165, 1.54) is 154 Å². The fourth-order valence-electron chi connectivity index (χ4n) is 7.59. The first-order valence-electron chi connectivity index (χ1n) is 18.0. The standard InChI is InChI=1S/C36H72S2/c1-3-5-7-9-11-14-21-27-35-33(25-19-13-10-8-6-4-2)29-30-34(26-20-16-18-24-32-38)36(35)28-22-15-12-17-23-31-37/h33-38H,3-32H2,1-2H3. The molecule has 1 saturated carbocycles. The number of hydrogen-bond donors (Lipinski definition) is 2. The predicted molar refractivity (Wildman–Crippen MR) is 182 cm³/mol. The molecule has 0 amide bonds. The van der Waals surface area contributed by atoms with Crippen LogP contribution in [0, 0.1) is 23.7 Å². The Labute approximate surface area is 253 Å². The summed E-state index contributed by atoms with van der Waals surface area (Å²) < 4.78 is 0. The molecular weight excluding hydrogens is 497 g/mol. The maximum atomic E-state index is 4.44. The Morgan fingerprint density at radius 3 is 1.00 bits per heavy atom. The van der Waals surface area contributed by atoms with Gasteiger partial charge in [-0.25, -0.2) is 0 Å². The molecule has 0 saturated heterocycles. The largest absolute Gasteiger partial charge is 0.179 e. The quantitative estimate of drug-likeness (QED) is 0.0680. The Morgan fingerprint density at radius 2 is 0.658 bits per heavy atom. The third-order valence-corrected chi connectivity index (χ3v) is 10.5. The molecule has 1 aliphatic carbocycles. The van der Waals surface area contributed by atoms with E-state index in [2.05, 4.69) is 39.1 Å². The zero-order chi connectivity index (χ0) is 27.5. The van der Waals surface area contributed by atoms with Crippen LogP contribution in [-0.2, 0) is 0 Å². The third kappa shape index (κ3) is 18.9. The van der Waals surface area contributed by atoms with E-state index < -0.39 is 0 Å². The summed E-state index contributed by atoms with van der Waals surface area (Å²) in [6, 6.07) is 0. The molecule has 0 aliphatic heterocycles. The van der Waals surface area contributed by atoms with Gasteiger partial charge in [0.05, 0.1) is 0 Å². The molecular formula is C36H72S2. The maximum Gasteiger partial charge on any atom is -0.00979 e. The van der Waals surface area contributed by atoms with E-state index in [1.54, 1.807) is 25.7 Å². The lowest BCUT2D eigenvalue weighted by Crippen LogP contribution is -2.35. The van der Waals surface area contributed by atoms with Gasteiger partial charge in [0, 0.05) is 0 Å². The third-order valence-electron chi connectivity index (χ3n) is 9.92. The summed E-state index contributed by atoms with van der Waals surface area (Å²) >= 11 is 8.87. The van der Waals surface area contributed by atoms with Crippen LogP contribution in [-0.4, -0.2) is 11.5 Å². The molecule has 0 spiro atoms. The molecule has 0 heterocycles. The minimum absolute atomic E-state index is 1.03. The number of unbranched alkanes of at least 4 members (excludes halogenated alkanes) is 18. The Kier molecular flexibility index (Phi) is 26.9. The summed E-state index contributed by atoms with van der Waals surface area (Å²) in [5, 5.41) is 0. The van der Waals surface area contributed by atoms with Gasteiger partial charge in [0.15, 0.2) is 0 Å². The van der Waals surface area contributed by atoms with Gasteiger partial charge in [-0.05, 0) is 73.7 Å². The van der Waals surface area contributed by atoms with Crippen LogP contribution in [0.5, 0.6) is 0 Å². The lowest BCUT2D eigenvalue weighted by Gasteiger charge is -2.44. The van der Waals surface area contributed by atoms with Crippen molar-refractivity contribution in [3.8, 4) is 0 Å². The van der Waals surface area contributed by atoms with Crippen LogP contribution >= 0.6 is 25.3 Å². The van der Waals surface area contributed by atoms with E-state index >= 15 is 0 Å². The Hall–Kier alpha value is 0.700. The number of thiol groups is 2. The van der Waals surface area contributed by atoms with Crippen LogP contribution in [0.25, 0.3) is 0 Å². The van der Waals surface area contributed by atoms with Gasteiger partial charge >= 0.3 is 0 Å². The van der Waals surface area contributed by atoms with Crippen LogP contribution in [0.1, 0.15) is 194 Å². The lowest BCUT2D eigenvalue weighted by atomic mass is 9.61. The molecule has 1 aliphatic rings. The van der Waals surface area contributed by atoms with Crippen LogP contribution in [0.2, 0.25) is 0 Å². The molecule has 4 unspecified atom stereocenters. The molecule has 0 aromatic heterocycles. The van der Waals surface area contributed by atoms with Crippen molar-refractivity contribution in [2.45, 2.75) is 194 Å². The van der Waals surface area contributed by atoms with E-state index in [9.17, 15) is 0 Å². The van der Waals surface area contributed by atoms with Crippen molar-refractivity contribution in [3.05, 3.63) is 0 Å². The SMILES string of the molecule is CCCCCCCCCC1C(CCCCCCCC)CCC(CCCCCCS)C1CCCCCCCS. The molecule has 0 nitrogen and oxygen atoms in total. The maximum absolute atomic E-state index is 4.44. The molecule has 0 bridgehead atoms. The van der Waals surface area contributed by atoms with Gasteiger partial charge in [-0.15, -0.1) is 0 Å². The van der Waals surface area contributed by atoms with Crippen LogP contribution in [0.4, 0.5) is 0 Å². The predicted octanol–water partition coefficient (Wildman–Crippen LogP) is 13.3. The average molecular weight is 569 g/mol. The van der Waals surface area contributed by atoms with Crippen molar-refractivity contribution < 1.29 is 0 Å². The van der Waals surface area contributed by atoms with Gasteiger partial charge in [0.2, 0.25) is 0 Å². The van der Waals surface area contributed by atoms with Crippen molar-refractivity contribution in [2.24, 2.45) is 23.7 Å². The topological polar surface area (TPSA) is 0 Å². The summed E-state index contributed by atoms with van der Waals surface area (Å²) in [7, 11) is 0. The van der Waals surface area contributed by atoms with Crippen molar-refractivity contribution in [2.75, 3.05) is 11.5 Å². The highest BCUT2D eigenvalue weighted by atomic mass is 32.1. The first-order valence-corrected chi connectivity index (χ1v) is 19.3. The van der Waals surface area contributed by atoms with Crippen molar-refractivity contribution in [3.63, 3.8) is 0 Å². The summed E-state index contributed by atoms with van der Waals surface area (Å²) in [6.45, 7) is 4.68. The van der Waals surface area contributed by atoms with Crippen molar-refractivity contribution in [1.82, 2.24) is 0 Å². The first kappa shape index (κ1) is 36.7. The van der Waals surface area contributed by atoms with Crippen molar-refractivity contribution >= 4 is 25.3 Å². The normalized spacial score (nSPS) is 21.8. The second-order valence-corrected chi connectivity index (χ2v) is 14.0. The van der Waals surface area contributed by atoms with Gasteiger partial charge in [0.1, 0.15) is 0 Å². The van der Waals surface area contributed by atoms with Crippen LogP contribution in [0.3, 0.4) is 0 Å². The summed E-state index contributed by atoms with van der Waals surface area (Å²) in [5.41, 5.74) is 0. The average Bonchev–Trinajstić information content (AvgIpc) is 2.93. The number of rotatable bonds is 28. The molecule has 0 aromatic rings. The summed E-state index contributed by atoms with van der Waals surface area (Å²) in [6.07, 6.45) is 41.0. The fraction of sp³-hybridized carbons (Fsp3) is 1.00. The number of hydrogen-bond acceptors (Lipinski definition) is 2. The smallest absolute Gasteiger partial charge is 0.00979 e. The van der Waals surface area contributed by atoms with E-state index in [1.807, 2.05) is 0 Å². The minimum atomic E-state index is 1.03. The molecule has 2 heteroatoms. The Balaban J connectivity index is 2.71. The van der Waals surface area contributed by atoms with Crippen LogP contribution < -0.4 is 0 Å². The second kappa shape index (κ2) is 27.8. The van der Waals surface area contributed by atoms with E-state index in [0.717, 1.165) is 35.2 Å². The molecule has 1 rings (SSSR count). The molecule has 0 aromatic carbocycles. The van der Waals surface area contributed by atoms with Crippen molar-refractivity contribution in [1.29, 1.82) is 0 Å². The lowest BCUT2D eigenvalue weighted by molar-refractivity contribution is 0.0581. The monoisotopic (exact) mass is 569 g/mol. The fourth-order valence-corrected chi connectivity index (χ4v) is 8.04. The molecule has 4 atom stereocenters. The van der Waals surface area contributed by atoms with Gasteiger partial charge < -0.3 is 0 Å². The zero-order valence-corrected chi connectivity index (χ0v) is 28.2. The van der Waals surface area contributed by atoms with Gasteiger partial charge in [-0.2, -0.15) is 25.3 Å². The zero-order valence-electron chi connectivity index (χ0n) is 26.4. The van der Waals surface area contributed by atoms with E-state index in [0.29, 0.717) is 0 Å². The second-order valence-electron chi connectivity index (χ2n) is 13.1. The minimum Gasteiger partial charge on any atom is -0.179 e. The summed E-state index contributed by atoms with van der Waals surface area (Å²) in [4.78, 5) is 0. The van der Waals surface area contributed by atoms with Gasteiger partial charge in [0.25, 0.3) is 0 Å². The molecule has 0 N–H and O–H groups in total. The highest BCUT2D eigenvalue weighted by Crippen LogP contribution is 2.47. The Bertz CT molecular complexity index is 464. The molecule has 228 valence electrons. The molecule has 38 heavy (non-hydrogen) atoms. The molecule has 0 radical (unpaired) electrons. The highest BCUT2D eigenvalue weighted by molar-refractivity contribution is 7.80. The first-order chi connectivity index (χ1) is 18.8. The summed E-state index contributed by atoms with van der Waals surface area (Å²) in [5.74, 6) is 6.27. The van der Waals surface area contributed by atoms with Gasteiger partial charge in [-0.1, -0.05) is 155 Å². The van der Waals surface area contributed by atoms with E-state index in [-0.39, 0.29) is 0 Å². The van der Waals surface area contributed by atoms with E-state index in [4.69, 9.17) is 0 Å². The van der Waals surface area contributed by atoms with Gasteiger partial charge in [-0.3, -0.25) is 0 Å². The highest BCUT2D eigenvalue weighted by Gasteiger charge is 2.37. The van der Waals surface area contributed by atoms with Crippen LogP contribution in [0.15, 0.2) is 0 Å². The molecule has 1 fully saturated rings. The Morgan fingerprint density at radius 1 is 0.368 bits per heavy atom.